The molecule has 0 aliphatic carbocycles. The number of rotatable bonds is 6. The topological polar surface area (TPSA) is 68.4 Å². The predicted octanol–water partition coefficient (Wildman–Crippen LogP) is 3.90. The van der Waals surface area contributed by atoms with Crippen LogP contribution in [0.2, 0.25) is 0 Å². The van der Waals surface area contributed by atoms with Crippen LogP contribution in [-0.4, -0.2) is 59.3 Å². The van der Waals surface area contributed by atoms with Crippen molar-refractivity contribution in [2.75, 3.05) is 38.0 Å². The average molecular weight is 458 g/mol. The number of nitrogens with one attached hydrogen (secondary N) is 2. The first kappa shape index (κ1) is 22.8. The van der Waals surface area contributed by atoms with Crippen molar-refractivity contribution in [3.63, 3.8) is 0 Å². The zero-order valence-corrected chi connectivity index (χ0v) is 18.0. The fraction of sp³-hybridized carbons (Fsp3) is 0.333. The number of amides is 2. The van der Waals surface area contributed by atoms with E-state index in [4.69, 9.17) is 0 Å². The second kappa shape index (κ2) is 9.66. The zero-order valence-electron chi connectivity index (χ0n) is 18.0. The van der Waals surface area contributed by atoms with E-state index < -0.39 is 17.6 Å². The molecule has 0 unspecified atom stereocenters. The molecule has 0 bridgehead atoms. The number of benzene rings is 2. The van der Waals surface area contributed by atoms with Gasteiger partial charge < -0.3 is 15.2 Å². The number of carbonyl (C=O) groups excluding carboxylic acids is 2. The van der Waals surface area contributed by atoms with E-state index in [0.717, 1.165) is 22.5 Å². The molecule has 174 valence electrons. The fourth-order valence-electron chi connectivity index (χ4n) is 4.13. The summed E-state index contributed by atoms with van der Waals surface area (Å²) in [7, 11) is 0. The van der Waals surface area contributed by atoms with Crippen molar-refractivity contribution in [1.82, 2.24) is 14.8 Å². The van der Waals surface area contributed by atoms with Crippen LogP contribution in [0.15, 0.2) is 54.7 Å². The highest BCUT2D eigenvalue weighted by molar-refractivity contribution is 5.93. The summed E-state index contributed by atoms with van der Waals surface area (Å²) in [6, 6.07) is 12.9. The van der Waals surface area contributed by atoms with Crippen LogP contribution in [0.4, 0.5) is 18.9 Å². The highest BCUT2D eigenvalue weighted by atomic mass is 19.4. The summed E-state index contributed by atoms with van der Waals surface area (Å²) in [5.74, 6) is -0.450. The quantitative estimate of drug-likeness (QED) is 0.589. The van der Waals surface area contributed by atoms with Gasteiger partial charge in [-0.1, -0.05) is 30.3 Å². The van der Waals surface area contributed by atoms with Gasteiger partial charge in [0.25, 0.3) is 0 Å². The zero-order chi connectivity index (χ0) is 23.4. The molecule has 1 saturated heterocycles. The Morgan fingerprint density at radius 2 is 1.67 bits per heavy atom. The highest BCUT2D eigenvalue weighted by Crippen LogP contribution is 2.34. The SMILES string of the molecule is O=C(CN1CCN(C(=O)CCc2c[nH]c3ccccc23)CC1)Nc1ccccc1C(F)(F)F. The van der Waals surface area contributed by atoms with Crippen LogP contribution in [0.3, 0.4) is 0 Å². The van der Waals surface area contributed by atoms with Crippen molar-refractivity contribution in [2.24, 2.45) is 0 Å². The lowest BCUT2D eigenvalue weighted by atomic mass is 10.1. The molecule has 9 heteroatoms. The number of aryl methyl sites for hydroxylation is 1. The van der Waals surface area contributed by atoms with E-state index in [9.17, 15) is 22.8 Å². The van der Waals surface area contributed by atoms with E-state index in [2.05, 4.69) is 10.3 Å². The van der Waals surface area contributed by atoms with Gasteiger partial charge in [0.15, 0.2) is 0 Å². The standard InChI is InChI=1S/C24H25F3N4O2/c25-24(26,27)19-6-2-4-8-21(19)29-22(32)16-30-11-13-31(14-12-30)23(33)10-9-17-15-28-20-7-3-1-5-18(17)20/h1-8,15,28H,9-14,16H2,(H,29,32). The van der Waals surface area contributed by atoms with Crippen LogP contribution in [0, 0.1) is 0 Å². The lowest BCUT2D eigenvalue weighted by Gasteiger charge is -2.34. The number of hydrogen-bond acceptors (Lipinski definition) is 3. The van der Waals surface area contributed by atoms with Gasteiger partial charge in [0.1, 0.15) is 0 Å². The minimum absolute atomic E-state index is 0.0242. The summed E-state index contributed by atoms with van der Waals surface area (Å²) in [4.78, 5) is 31.8. The van der Waals surface area contributed by atoms with E-state index in [-0.39, 0.29) is 18.1 Å². The smallest absolute Gasteiger partial charge is 0.361 e. The van der Waals surface area contributed by atoms with Gasteiger partial charge in [-0.3, -0.25) is 14.5 Å². The molecular formula is C24H25F3N4O2. The fourth-order valence-corrected chi connectivity index (χ4v) is 4.13. The van der Waals surface area contributed by atoms with Crippen molar-refractivity contribution < 1.29 is 22.8 Å². The number of aromatic nitrogens is 1. The Hall–Kier alpha value is -3.33. The lowest BCUT2D eigenvalue weighted by molar-refractivity contribution is -0.137. The summed E-state index contributed by atoms with van der Waals surface area (Å²) >= 11 is 0. The molecule has 1 aliphatic rings. The second-order valence-electron chi connectivity index (χ2n) is 8.11. The number of para-hydroxylation sites is 2. The summed E-state index contributed by atoms with van der Waals surface area (Å²) in [6.07, 6.45) is -1.56. The van der Waals surface area contributed by atoms with Gasteiger partial charge in [-0.25, -0.2) is 0 Å². The van der Waals surface area contributed by atoms with Crippen LogP contribution in [0.25, 0.3) is 10.9 Å². The van der Waals surface area contributed by atoms with E-state index in [1.165, 1.54) is 18.2 Å². The molecule has 0 atom stereocenters. The first-order valence-electron chi connectivity index (χ1n) is 10.8. The third-order valence-corrected chi connectivity index (χ3v) is 5.88. The number of carbonyl (C=O) groups is 2. The number of piperazine rings is 1. The minimum Gasteiger partial charge on any atom is -0.361 e. The van der Waals surface area contributed by atoms with Gasteiger partial charge in [0.2, 0.25) is 11.8 Å². The molecule has 2 N–H and O–H groups in total. The van der Waals surface area contributed by atoms with Crippen molar-refractivity contribution in [1.29, 1.82) is 0 Å². The molecule has 3 aromatic rings. The largest absolute Gasteiger partial charge is 0.418 e. The van der Waals surface area contributed by atoms with Crippen LogP contribution in [0.5, 0.6) is 0 Å². The van der Waals surface area contributed by atoms with Gasteiger partial charge in [0, 0.05) is 49.7 Å². The highest BCUT2D eigenvalue weighted by Gasteiger charge is 2.33. The number of halogens is 3. The summed E-state index contributed by atoms with van der Waals surface area (Å²) in [6.45, 7) is 1.93. The molecule has 2 heterocycles. The molecular weight excluding hydrogens is 433 g/mol. The molecule has 1 aliphatic heterocycles. The molecule has 1 aromatic heterocycles. The Morgan fingerprint density at radius 1 is 0.970 bits per heavy atom. The maximum Gasteiger partial charge on any atom is 0.418 e. The molecule has 6 nitrogen and oxygen atoms in total. The van der Waals surface area contributed by atoms with Gasteiger partial charge in [0.05, 0.1) is 17.8 Å². The lowest BCUT2D eigenvalue weighted by Crippen LogP contribution is -2.50. The van der Waals surface area contributed by atoms with Gasteiger partial charge in [-0.15, -0.1) is 0 Å². The molecule has 0 saturated carbocycles. The maximum atomic E-state index is 13.1. The number of H-pyrrole nitrogens is 1. The van der Waals surface area contributed by atoms with Crippen LogP contribution >= 0.6 is 0 Å². The number of aromatic amines is 1. The van der Waals surface area contributed by atoms with Crippen LogP contribution < -0.4 is 5.32 Å². The predicted molar refractivity (Wildman–Crippen MR) is 120 cm³/mol. The summed E-state index contributed by atoms with van der Waals surface area (Å²) < 4.78 is 39.3. The number of nitrogens with zero attached hydrogens (tertiary/aromatic N) is 2. The Kier molecular flexibility index (Phi) is 6.69. The average Bonchev–Trinajstić information content (AvgIpc) is 3.21. The molecule has 4 rings (SSSR count). The van der Waals surface area contributed by atoms with E-state index in [1.807, 2.05) is 35.4 Å². The monoisotopic (exact) mass is 458 g/mol. The summed E-state index contributed by atoms with van der Waals surface area (Å²) in [5, 5.41) is 3.48. The molecule has 33 heavy (non-hydrogen) atoms. The van der Waals surface area contributed by atoms with Crippen molar-refractivity contribution in [2.45, 2.75) is 19.0 Å². The Labute approximate surface area is 189 Å². The number of hydrogen-bond donors (Lipinski definition) is 2. The maximum absolute atomic E-state index is 13.1. The van der Waals surface area contributed by atoms with Gasteiger partial charge >= 0.3 is 6.18 Å². The minimum atomic E-state index is -4.54. The normalized spacial score (nSPS) is 15.1. The number of fused-ring (bicyclic) bond motifs is 1. The Bertz CT molecular complexity index is 1130. The molecule has 1 fully saturated rings. The third-order valence-electron chi connectivity index (χ3n) is 5.88. The van der Waals surface area contributed by atoms with E-state index in [1.54, 1.807) is 4.90 Å². The van der Waals surface area contributed by atoms with E-state index in [0.29, 0.717) is 39.0 Å². The third kappa shape index (κ3) is 5.54. The molecule has 2 amide bonds. The first-order chi connectivity index (χ1) is 15.8. The van der Waals surface area contributed by atoms with Gasteiger partial charge in [-0.2, -0.15) is 13.2 Å². The Balaban J connectivity index is 1.24. The number of alkyl halides is 3. The molecule has 0 spiro atoms. The molecule has 0 radical (unpaired) electrons. The Morgan fingerprint density at radius 3 is 2.42 bits per heavy atom. The first-order valence-corrected chi connectivity index (χ1v) is 10.8. The second-order valence-corrected chi connectivity index (χ2v) is 8.11. The number of anilines is 1. The van der Waals surface area contributed by atoms with Crippen molar-refractivity contribution >= 4 is 28.4 Å². The van der Waals surface area contributed by atoms with Crippen molar-refractivity contribution in [3.05, 3.63) is 65.9 Å². The van der Waals surface area contributed by atoms with E-state index >= 15 is 0 Å². The van der Waals surface area contributed by atoms with Crippen LogP contribution in [-0.2, 0) is 22.2 Å². The van der Waals surface area contributed by atoms with Crippen LogP contribution in [0.1, 0.15) is 17.5 Å². The van der Waals surface area contributed by atoms with Crippen molar-refractivity contribution in [3.8, 4) is 0 Å². The summed E-state index contributed by atoms with van der Waals surface area (Å²) in [5.41, 5.74) is 1.03. The molecule has 2 aromatic carbocycles. The van der Waals surface area contributed by atoms with Gasteiger partial charge in [-0.05, 0) is 30.2 Å².